The van der Waals surface area contributed by atoms with E-state index < -0.39 is 67.2 Å². The molecule has 1 fully saturated rings. The lowest BCUT2D eigenvalue weighted by atomic mass is 9.72. The van der Waals surface area contributed by atoms with Gasteiger partial charge in [0.25, 0.3) is 0 Å². The average molecular weight is 829 g/mol. The van der Waals surface area contributed by atoms with E-state index in [2.05, 4.69) is 71.1 Å². The molecule has 0 aromatic heterocycles. The first kappa shape index (κ1) is 50.6. The molecule has 1 saturated heterocycles. The van der Waals surface area contributed by atoms with Crippen LogP contribution in [0.3, 0.4) is 0 Å². The second-order valence-corrected chi connectivity index (χ2v) is 15.7. The maximum absolute atomic E-state index is 13.2. The van der Waals surface area contributed by atoms with E-state index in [0.29, 0.717) is 0 Å². The molecule has 0 spiro atoms. The van der Waals surface area contributed by atoms with E-state index in [1.54, 1.807) is 12.2 Å². The minimum absolute atomic E-state index is 0.165. The molecule has 0 amide bonds. The molecule has 11 heteroatoms. The second-order valence-electron chi connectivity index (χ2n) is 15.7. The molecular weight excluding hydrogens is 765 g/mol. The monoisotopic (exact) mass is 828 g/mol. The number of ether oxygens (including phenoxy) is 6. The quantitative estimate of drug-likeness (QED) is 0.0599. The maximum atomic E-state index is 13.2. The van der Waals surface area contributed by atoms with Crippen LogP contribution >= 0.6 is 0 Å². The molecule has 1 aliphatic heterocycles. The van der Waals surface area contributed by atoms with Gasteiger partial charge in [-0.1, -0.05) is 133 Å². The third-order valence-corrected chi connectivity index (χ3v) is 9.52. The normalized spacial score (nSPS) is 23.5. The first-order valence-corrected chi connectivity index (χ1v) is 20.2. The van der Waals surface area contributed by atoms with Crippen molar-refractivity contribution in [2.75, 3.05) is 6.61 Å². The van der Waals surface area contributed by atoms with Crippen molar-refractivity contribution in [2.45, 2.75) is 133 Å². The summed E-state index contributed by atoms with van der Waals surface area (Å²) < 4.78 is 32.5. The number of hydrogen-bond acceptors (Lipinski definition) is 11. The zero-order valence-corrected chi connectivity index (χ0v) is 37.4. The van der Waals surface area contributed by atoms with Crippen LogP contribution in [-0.2, 0) is 52.4 Å². The summed E-state index contributed by atoms with van der Waals surface area (Å²) in [6.07, 6.45) is 26.2. The summed E-state index contributed by atoms with van der Waals surface area (Å²) in [6, 6.07) is 0. The average Bonchev–Trinajstić information content (AvgIpc) is 3.13. The van der Waals surface area contributed by atoms with Gasteiger partial charge in [0.1, 0.15) is 12.7 Å². The Hall–Kier alpha value is -5.55. The van der Waals surface area contributed by atoms with E-state index in [1.165, 1.54) is 49.0 Å². The van der Waals surface area contributed by atoms with Crippen molar-refractivity contribution in [3.63, 3.8) is 0 Å². The summed E-state index contributed by atoms with van der Waals surface area (Å²) in [5.74, 6) is -3.88. The Kier molecular flexibility index (Phi) is 21.2. The molecule has 0 N–H and O–H groups in total. The zero-order chi connectivity index (χ0) is 45.0. The van der Waals surface area contributed by atoms with Gasteiger partial charge >= 0.3 is 29.8 Å². The molecule has 11 nitrogen and oxygen atoms in total. The summed E-state index contributed by atoms with van der Waals surface area (Å²) in [7, 11) is 0. The van der Waals surface area contributed by atoms with E-state index in [-0.39, 0.29) is 11.0 Å². The first-order chi connectivity index (χ1) is 28.2. The Morgan fingerprint density at radius 1 is 0.600 bits per heavy atom. The molecule has 326 valence electrons. The number of carbonyl (C=O) groups excluding carboxylic acids is 5. The van der Waals surface area contributed by atoms with Crippen molar-refractivity contribution < 1.29 is 52.4 Å². The summed E-state index contributed by atoms with van der Waals surface area (Å²) in [5.41, 5.74) is 7.67. The molecule has 1 aliphatic carbocycles. The van der Waals surface area contributed by atoms with Gasteiger partial charge in [0.15, 0.2) is 12.2 Å². The zero-order valence-electron chi connectivity index (χ0n) is 37.4. The van der Waals surface area contributed by atoms with Gasteiger partial charge in [-0.15, -0.1) is 0 Å². The van der Waals surface area contributed by atoms with Crippen molar-refractivity contribution >= 4 is 29.8 Å². The largest absolute Gasteiger partial charge is 0.463 e. The van der Waals surface area contributed by atoms with Crippen LogP contribution in [0.15, 0.2) is 130 Å². The summed E-state index contributed by atoms with van der Waals surface area (Å²) in [4.78, 5) is 60.8. The van der Waals surface area contributed by atoms with E-state index >= 15 is 0 Å². The van der Waals surface area contributed by atoms with Crippen LogP contribution < -0.4 is 0 Å². The molecule has 1 heterocycles. The van der Waals surface area contributed by atoms with Crippen molar-refractivity contribution in [1.82, 2.24) is 0 Å². The third kappa shape index (κ3) is 18.6. The number of rotatable bonds is 17. The highest BCUT2D eigenvalue weighted by Gasteiger charge is 2.53. The van der Waals surface area contributed by atoms with Crippen LogP contribution in [0.4, 0.5) is 0 Å². The summed E-state index contributed by atoms with van der Waals surface area (Å²) >= 11 is 0. The van der Waals surface area contributed by atoms with Gasteiger partial charge in [-0.2, -0.15) is 0 Å². The fourth-order valence-corrected chi connectivity index (χ4v) is 6.46. The highest BCUT2D eigenvalue weighted by Crippen LogP contribution is 2.40. The highest BCUT2D eigenvalue weighted by atomic mass is 16.7. The predicted molar refractivity (Wildman–Crippen MR) is 233 cm³/mol. The van der Waals surface area contributed by atoms with Gasteiger partial charge in [0.05, 0.1) is 0 Å². The van der Waals surface area contributed by atoms with Crippen LogP contribution in [0, 0.1) is 5.41 Å². The molecular formula is C49H64O11. The minimum Gasteiger partial charge on any atom is -0.463 e. The Bertz CT molecular complexity index is 1900. The van der Waals surface area contributed by atoms with E-state index in [9.17, 15) is 24.0 Å². The molecule has 5 atom stereocenters. The topological polar surface area (TPSA) is 141 Å². The lowest BCUT2D eigenvalue weighted by Gasteiger charge is -2.43. The summed E-state index contributed by atoms with van der Waals surface area (Å²) in [6.45, 7) is 20.6. The molecule has 0 unspecified atom stereocenters. The van der Waals surface area contributed by atoms with Crippen molar-refractivity contribution in [3.8, 4) is 0 Å². The van der Waals surface area contributed by atoms with Gasteiger partial charge in [0.2, 0.25) is 12.4 Å². The standard InChI is InChI=1S/C49H64O11/c1-32(19-13-14-20-33(2)22-16-24-35(4)28-29-42-36(5)27-18-30-49(42,11)12)21-15-23-34(3)25-17-26-37(6)47(54)60-48-46(58-41(10)53)45(57-40(9)52)44(56-39(8)51)43(59-48)31-55-38(7)50/h13-17,19-26,28-29,43-46,48H,18,27,30-31H2,1-12H3/b14-13+,21-15+,22-16+,25-17+,29-28+,32-19+,33-20+,34-23+,35-24+,37-26+/t43-,44-,45+,46-,48+/m1/s1. The molecule has 2 aliphatic rings. The highest BCUT2D eigenvalue weighted by molar-refractivity contribution is 5.88. The van der Waals surface area contributed by atoms with Gasteiger partial charge in [-0.25, -0.2) is 4.79 Å². The lowest BCUT2D eigenvalue weighted by Crippen LogP contribution is -2.63. The SMILES string of the molecule is CC(=O)OC[C@H]1O[C@@H](OC(=O)/C(C)=C/C=C/C(C)=C/C=C/C(C)=C/C=C/C=C(C)/C=C/C=C(C)/C=C/C2=C(C)CCCC2(C)C)[C@H](OC(C)=O)[C@@H](OC(C)=O)[C@@H]1OC(C)=O. The van der Waals surface area contributed by atoms with Crippen LogP contribution in [0.1, 0.15) is 102 Å². The van der Waals surface area contributed by atoms with Gasteiger partial charge in [-0.3, -0.25) is 19.2 Å². The third-order valence-electron chi connectivity index (χ3n) is 9.52. The minimum atomic E-state index is -1.62. The first-order valence-electron chi connectivity index (χ1n) is 20.2. The molecule has 0 saturated carbocycles. The van der Waals surface area contributed by atoms with Gasteiger partial charge in [0, 0.05) is 33.3 Å². The number of carbonyl (C=O) groups is 5. The molecule has 60 heavy (non-hydrogen) atoms. The van der Waals surface area contributed by atoms with Crippen LogP contribution in [0.5, 0.6) is 0 Å². The number of esters is 5. The fraction of sp³-hybridized carbons (Fsp3) is 0.449. The Balaban J connectivity index is 2.04. The van der Waals surface area contributed by atoms with Crippen molar-refractivity contribution in [2.24, 2.45) is 5.41 Å². The van der Waals surface area contributed by atoms with E-state index in [1.807, 2.05) is 50.3 Å². The van der Waals surface area contributed by atoms with Crippen molar-refractivity contribution in [3.05, 3.63) is 130 Å². The predicted octanol–water partition coefficient (Wildman–Crippen LogP) is 9.65. The molecule has 2 rings (SSSR count). The molecule has 0 aromatic carbocycles. The van der Waals surface area contributed by atoms with E-state index in [0.717, 1.165) is 44.4 Å². The molecule has 0 bridgehead atoms. The van der Waals surface area contributed by atoms with Gasteiger partial charge in [-0.05, 0) is 71.8 Å². The molecule has 0 aromatic rings. The second kappa shape index (κ2) is 25.2. The van der Waals surface area contributed by atoms with Crippen LogP contribution in [0.2, 0.25) is 0 Å². The Morgan fingerprint density at radius 3 is 1.57 bits per heavy atom. The smallest absolute Gasteiger partial charge is 0.336 e. The number of hydrogen-bond donors (Lipinski definition) is 0. The Morgan fingerprint density at radius 2 is 1.07 bits per heavy atom. The maximum Gasteiger partial charge on any atom is 0.336 e. The van der Waals surface area contributed by atoms with Gasteiger partial charge < -0.3 is 28.4 Å². The lowest BCUT2D eigenvalue weighted by molar-refractivity contribution is -0.299. The van der Waals surface area contributed by atoms with Crippen LogP contribution in [0.25, 0.3) is 0 Å². The number of allylic oxidation sites excluding steroid dienone is 21. The van der Waals surface area contributed by atoms with Crippen LogP contribution in [-0.4, -0.2) is 67.2 Å². The van der Waals surface area contributed by atoms with E-state index in [4.69, 9.17) is 28.4 Å². The summed E-state index contributed by atoms with van der Waals surface area (Å²) in [5, 5.41) is 0. The molecule has 0 radical (unpaired) electrons. The fourth-order valence-electron chi connectivity index (χ4n) is 6.46. The van der Waals surface area contributed by atoms with Crippen molar-refractivity contribution in [1.29, 1.82) is 0 Å². The Labute approximate surface area is 356 Å².